The van der Waals surface area contributed by atoms with Crippen LogP contribution in [0.1, 0.15) is 41.3 Å². The van der Waals surface area contributed by atoms with Crippen LogP contribution < -0.4 is 5.32 Å². The Hall–Kier alpha value is -2.92. The number of aromatic nitrogens is 3. The van der Waals surface area contributed by atoms with Crippen molar-refractivity contribution in [1.29, 1.82) is 0 Å². The molecular weight excluding hydrogens is 406 g/mol. The van der Waals surface area contributed by atoms with E-state index in [2.05, 4.69) is 20.3 Å². The standard InChI is InChI=1S/C18H18F2N4O4S/c1-2-29(27,28)11-4-6-12(21-8-11)15(9-25)24-18(26)10-3-5-13-14(7-10)23-17(22-13)16(19)20/h3-8,15-16,25H,2,9H2,1H3,(H,22,23)(H,24,26). The van der Waals surface area contributed by atoms with E-state index in [1.165, 1.54) is 43.5 Å². The zero-order valence-corrected chi connectivity index (χ0v) is 16.1. The van der Waals surface area contributed by atoms with Crippen molar-refractivity contribution in [3.8, 4) is 0 Å². The highest BCUT2D eigenvalue weighted by atomic mass is 32.2. The SMILES string of the molecule is CCS(=O)(=O)c1ccc(C(CO)NC(=O)c2ccc3nc(C(F)F)[nH]c3c2)nc1. The molecule has 1 unspecified atom stereocenters. The summed E-state index contributed by atoms with van der Waals surface area (Å²) in [6.07, 6.45) is -1.59. The Morgan fingerprint density at radius 3 is 2.62 bits per heavy atom. The van der Waals surface area contributed by atoms with Crippen molar-refractivity contribution in [3.63, 3.8) is 0 Å². The van der Waals surface area contributed by atoms with Crippen LogP contribution in [0.15, 0.2) is 41.4 Å². The maximum absolute atomic E-state index is 12.7. The van der Waals surface area contributed by atoms with Gasteiger partial charge in [0.05, 0.1) is 40.0 Å². The lowest BCUT2D eigenvalue weighted by Crippen LogP contribution is -2.31. The van der Waals surface area contributed by atoms with Crippen molar-refractivity contribution >= 4 is 26.8 Å². The molecule has 154 valence electrons. The third-order valence-corrected chi connectivity index (χ3v) is 6.03. The number of amides is 1. The van der Waals surface area contributed by atoms with Gasteiger partial charge in [-0.2, -0.15) is 0 Å². The van der Waals surface area contributed by atoms with E-state index >= 15 is 0 Å². The molecule has 0 saturated carbocycles. The fourth-order valence-corrected chi connectivity index (χ4v) is 3.50. The van der Waals surface area contributed by atoms with E-state index in [9.17, 15) is 27.1 Å². The van der Waals surface area contributed by atoms with Gasteiger partial charge in [-0.15, -0.1) is 0 Å². The lowest BCUT2D eigenvalue weighted by Gasteiger charge is -2.16. The first-order valence-electron chi connectivity index (χ1n) is 8.63. The summed E-state index contributed by atoms with van der Waals surface area (Å²) >= 11 is 0. The van der Waals surface area contributed by atoms with Gasteiger partial charge in [-0.1, -0.05) is 6.92 Å². The van der Waals surface area contributed by atoms with Gasteiger partial charge >= 0.3 is 0 Å². The number of nitrogens with one attached hydrogen (secondary N) is 2. The lowest BCUT2D eigenvalue weighted by molar-refractivity contribution is 0.0914. The van der Waals surface area contributed by atoms with Crippen molar-refractivity contribution in [2.45, 2.75) is 24.3 Å². The van der Waals surface area contributed by atoms with E-state index in [-0.39, 0.29) is 27.4 Å². The molecule has 0 aliphatic carbocycles. The Kier molecular flexibility index (Phi) is 5.89. The molecule has 1 amide bonds. The second kappa shape index (κ2) is 8.21. The average molecular weight is 424 g/mol. The minimum atomic E-state index is -3.41. The molecule has 3 rings (SSSR count). The number of carbonyl (C=O) groups is 1. The third kappa shape index (κ3) is 4.40. The van der Waals surface area contributed by atoms with Crippen LogP contribution in [0.4, 0.5) is 8.78 Å². The number of halogens is 2. The summed E-state index contributed by atoms with van der Waals surface area (Å²) in [5, 5.41) is 12.2. The second-order valence-electron chi connectivity index (χ2n) is 6.19. The van der Waals surface area contributed by atoms with Crippen molar-refractivity contribution in [3.05, 3.63) is 53.6 Å². The van der Waals surface area contributed by atoms with E-state index in [1.807, 2.05) is 0 Å². The van der Waals surface area contributed by atoms with Crippen LogP contribution in [0.3, 0.4) is 0 Å². The predicted molar refractivity (Wildman–Crippen MR) is 100 cm³/mol. The fraction of sp³-hybridized carbons (Fsp3) is 0.278. The van der Waals surface area contributed by atoms with Gasteiger partial charge in [0, 0.05) is 11.8 Å². The van der Waals surface area contributed by atoms with Crippen molar-refractivity contribution in [1.82, 2.24) is 20.3 Å². The summed E-state index contributed by atoms with van der Waals surface area (Å²) < 4.78 is 49.2. The number of benzene rings is 1. The number of hydrogen-bond acceptors (Lipinski definition) is 6. The van der Waals surface area contributed by atoms with Gasteiger partial charge in [0.2, 0.25) is 0 Å². The van der Waals surface area contributed by atoms with Crippen molar-refractivity contribution < 1.29 is 27.1 Å². The molecule has 0 saturated heterocycles. The number of aromatic amines is 1. The van der Waals surface area contributed by atoms with Gasteiger partial charge in [-0.3, -0.25) is 9.78 Å². The smallest absolute Gasteiger partial charge is 0.295 e. The quantitative estimate of drug-likeness (QED) is 0.534. The summed E-state index contributed by atoms with van der Waals surface area (Å²) in [7, 11) is -3.41. The predicted octanol–water partition coefficient (Wildman–Crippen LogP) is 2.15. The van der Waals surface area contributed by atoms with Crippen LogP contribution in [0.25, 0.3) is 11.0 Å². The van der Waals surface area contributed by atoms with E-state index in [4.69, 9.17) is 0 Å². The Morgan fingerprint density at radius 2 is 2.03 bits per heavy atom. The van der Waals surface area contributed by atoms with E-state index in [0.29, 0.717) is 5.52 Å². The fourth-order valence-electron chi connectivity index (χ4n) is 2.68. The molecule has 0 aliphatic rings. The van der Waals surface area contributed by atoms with Crippen LogP contribution in [0.2, 0.25) is 0 Å². The number of carbonyl (C=O) groups excluding carboxylic acids is 1. The van der Waals surface area contributed by atoms with Gasteiger partial charge < -0.3 is 15.4 Å². The second-order valence-corrected chi connectivity index (χ2v) is 8.46. The number of aliphatic hydroxyl groups is 1. The Bertz CT molecular complexity index is 1130. The van der Waals surface area contributed by atoms with Gasteiger partial charge in [0.15, 0.2) is 15.7 Å². The highest BCUT2D eigenvalue weighted by Crippen LogP contribution is 2.21. The number of aliphatic hydroxyl groups excluding tert-OH is 1. The van der Waals surface area contributed by atoms with Crippen LogP contribution in [0, 0.1) is 0 Å². The molecule has 2 aromatic heterocycles. The highest BCUT2D eigenvalue weighted by molar-refractivity contribution is 7.91. The average Bonchev–Trinajstić information content (AvgIpc) is 3.15. The molecule has 3 aromatic rings. The first kappa shape index (κ1) is 20.8. The number of H-pyrrole nitrogens is 1. The number of fused-ring (bicyclic) bond motifs is 1. The molecule has 8 nitrogen and oxygen atoms in total. The topological polar surface area (TPSA) is 125 Å². The van der Waals surface area contributed by atoms with Gasteiger partial charge in [0.25, 0.3) is 12.3 Å². The first-order chi connectivity index (χ1) is 13.7. The molecule has 3 N–H and O–H groups in total. The molecule has 0 spiro atoms. The highest BCUT2D eigenvalue weighted by Gasteiger charge is 2.19. The summed E-state index contributed by atoms with van der Waals surface area (Å²) in [6.45, 7) is 1.04. The minimum absolute atomic E-state index is 0.0475. The maximum Gasteiger partial charge on any atom is 0.295 e. The van der Waals surface area contributed by atoms with Gasteiger partial charge in [0.1, 0.15) is 0 Å². The molecule has 1 aromatic carbocycles. The largest absolute Gasteiger partial charge is 0.394 e. The number of hydrogen-bond donors (Lipinski definition) is 3. The molecule has 2 heterocycles. The lowest BCUT2D eigenvalue weighted by atomic mass is 10.1. The number of alkyl halides is 2. The van der Waals surface area contributed by atoms with E-state index < -0.39 is 40.6 Å². The monoisotopic (exact) mass is 424 g/mol. The molecule has 1 atom stereocenters. The number of sulfone groups is 1. The van der Waals surface area contributed by atoms with Crippen LogP contribution in [0.5, 0.6) is 0 Å². The molecule has 29 heavy (non-hydrogen) atoms. The molecule has 11 heteroatoms. The molecule has 0 aliphatic heterocycles. The van der Waals surface area contributed by atoms with Crippen LogP contribution in [-0.2, 0) is 9.84 Å². The number of rotatable bonds is 7. The van der Waals surface area contributed by atoms with E-state index in [1.54, 1.807) is 0 Å². The number of nitrogens with zero attached hydrogens (tertiary/aromatic N) is 2. The Balaban J connectivity index is 1.80. The minimum Gasteiger partial charge on any atom is -0.394 e. The zero-order chi connectivity index (χ0) is 21.2. The Labute approximate surface area is 164 Å². The molecular formula is C18H18F2N4O4S. The Morgan fingerprint density at radius 1 is 1.28 bits per heavy atom. The van der Waals surface area contributed by atoms with E-state index in [0.717, 1.165) is 0 Å². The first-order valence-corrected chi connectivity index (χ1v) is 10.3. The summed E-state index contributed by atoms with van der Waals surface area (Å²) in [5.41, 5.74) is 1.02. The number of pyridine rings is 1. The molecule has 0 fully saturated rings. The van der Waals surface area contributed by atoms with Gasteiger partial charge in [-0.05, 0) is 30.3 Å². The van der Waals surface area contributed by atoms with Crippen molar-refractivity contribution in [2.24, 2.45) is 0 Å². The molecule has 0 bridgehead atoms. The summed E-state index contributed by atoms with van der Waals surface area (Å²) in [4.78, 5) is 22.8. The maximum atomic E-state index is 12.7. The molecule has 0 radical (unpaired) electrons. The van der Waals surface area contributed by atoms with Crippen LogP contribution >= 0.6 is 0 Å². The summed E-state index contributed by atoms with van der Waals surface area (Å²) in [6, 6.07) is 6.13. The van der Waals surface area contributed by atoms with Gasteiger partial charge in [-0.25, -0.2) is 22.2 Å². The normalized spacial score (nSPS) is 13.0. The number of imidazole rings is 1. The summed E-state index contributed by atoms with van der Waals surface area (Å²) in [5.74, 6) is -1.12. The third-order valence-electron chi connectivity index (χ3n) is 4.31. The zero-order valence-electron chi connectivity index (χ0n) is 15.3. The van der Waals surface area contributed by atoms with Crippen LogP contribution in [-0.4, -0.2) is 46.7 Å². The van der Waals surface area contributed by atoms with Crippen molar-refractivity contribution in [2.75, 3.05) is 12.4 Å².